The van der Waals surface area contributed by atoms with Crippen molar-refractivity contribution >= 4 is 28.6 Å². The Hall–Kier alpha value is -3.95. The smallest absolute Gasteiger partial charge is 0.267 e. The molecule has 220 valence electrons. The minimum atomic E-state index is -0.969. The van der Waals surface area contributed by atoms with Crippen LogP contribution in [0.1, 0.15) is 51.2 Å². The van der Waals surface area contributed by atoms with Gasteiger partial charge in [0.1, 0.15) is 12.4 Å². The van der Waals surface area contributed by atoms with E-state index in [1.165, 1.54) is 0 Å². The Morgan fingerprint density at radius 2 is 2.05 bits per heavy atom. The standard InChI is InChI=1S/C31H41N5O5/c1-9-38-24-13-21-22(14-25(24)40-18(2)3)33-30(34-28(21)32-8)36-20(5)15-35(17-31(36,6)7)29(37)26-16-39-27-19(4)11-10-12-23(27)41-26/h10-14,18,20,26H,9,15-17H2,1-8H3,(H,32,33,34)/i10D,11D,12D. The SMILES string of the molecule is [2H]c1c([2H])c(C)c2c(c1[2H])OC(C(=O)N1CC(C)N(c3nc(NC)c4cc(OCC)c(OC(C)C)cc4n3)C(C)(C)C1)CO2. The summed E-state index contributed by atoms with van der Waals surface area (Å²) in [6.45, 7) is 14.8. The first-order chi connectivity index (χ1) is 20.8. The van der Waals surface area contributed by atoms with Gasteiger partial charge in [0.05, 0.1) is 27.9 Å². The van der Waals surface area contributed by atoms with E-state index in [-0.39, 0.29) is 54.3 Å². The van der Waals surface area contributed by atoms with Crippen LogP contribution >= 0.6 is 0 Å². The van der Waals surface area contributed by atoms with Crippen LogP contribution in [0.2, 0.25) is 0 Å². The molecule has 3 heterocycles. The molecule has 0 saturated carbocycles. The van der Waals surface area contributed by atoms with Crippen LogP contribution in [-0.4, -0.2) is 77.9 Å². The van der Waals surface area contributed by atoms with Gasteiger partial charge in [0.25, 0.3) is 5.91 Å². The minimum Gasteiger partial charge on any atom is -0.490 e. The maximum absolute atomic E-state index is 13.8. The van der Waals surface area contributed by atoms with Gasteiger partial charge in [-0.05, 0) is 66.1 Å². The Labute approximate surface area is 246 Å². The molecule has 5 rings (SSSR count). The highest BCUT2D eigenvalue weighted by Gasteiger charge is 2.44. The second kappa shape index (κ2) is 11.1. The molecule has 3 aromatic rings. The third kappa shape index (κ3) is 5.52. The van der Waals surface area contributed by atoms with Gasteiger partial charge in [-0.3, -0.25) is 4.79 Å². The Bertz CT molecular complexity index is 1600. The van der Waals surface area contributed by atoms with E-state index < -0.39 is 11.6 Å². The molecule has 0 bridgehead atoms. The second-order valence-electron chi connectivity index (χ2n) is 11.4. The number of para-hydroxylation sites is 1. The molecular weight excluding hydrogens is 522 g/mol. The fourth-order valence-electron chi connectivity index (χ4n) is 5.66. The van der Waals surface area contributed by atoms with E-state index in [2.05, 4.69) is 10.2 Å². The number of benzene rings is 2. The fourth-order valence-corrected chi connectivity index (χ4v) is 5.66. The van der Waals surface area contributed by atoms with Crippen LogP contribution in [0.4, 0.5) is 11.8 Å². The molecule has 10 heteroatoms. The van der Waals surface area contributed by atoms with E-state index in [0.29, 0.717) is 54.0 Å². The molecule has 0 aliphatic carbocycles. The number of piperazine rings is 1. The third-order valence-electron chi connectivity index (χ3n) is 7.22. The summed E-state index contributed by atoms with van der Waals surface area (Å²) in [6, 6.07) is 3.04. The van der Waals surface area contributed by atoms with Gasteiger partial charge in [0.2, 0.25) is 12.1 Å². The predicted octanol–water partition coefficient (Wildman–Crippen LogP) is 4.82. The number of fused-ring (bicyclic) bond motifs is 2. The van der Waals surface area contributed by atoms with E-state index in [4.69, 9.17) is 33.0 Å². The van der Waals surface area contributed by atoms with Crippen molar-refractivity contribution < 1.29 is 27.9 Å². The van der Waals surface area contributed by atoms with Crippen molar-refractivity contribution in [2.45, 2.75) is 72.3 Å². The molecule has 1 N–H and O–H groups in total. The number of nitrogens with zero attached hydrogens (tertiary/aromatic N) is 4. The van der Waals surface area contributed by atoms with Crippen molar-refractivity contribution in [3.63, 3.8) is 0 Å². The molecule has 1 saturated heterocycles. The third-order valence-corrected chi connectivity index (χ3v) is 7.22. The number of aromatic nitrogens is 2. The Kier molecular flexibility index (Phi) is 6.74. The zero-order valence-electron chi connectivity index (χ0n) is 28.0. The molecule has 2 unspecified atom stereocenters. The fraction of sp³-hybridized carbons (Fsp3) is 0.516. The molecule has 10 nitrogen and oxygen atoms in total. The summed E-state index contributed by atoms with van der Waals surface area (Å²) in [5, 5.41) is 4.01. The van der Waals surface area contributed by atoms with E-state index in [1.54, 1.807) is 11.8 Å². The Balaban J connectivity index is 1.43. The van der Waals surface area contributed by atoms with Gasteiger partial charge >= 0.3 is 0 Å². The van der Waals surface area contributed by atoms with Crippen molar-refractivity contribution in [3.05, 3.63) is 35.8 Å². The van der Waals surface area contributed by atoms with E-state index in [9.17, 15) is 4.79 Å². The Morgan fingerprint density at radius 3 is 2.73 bits per heavy atom. The summed E-state index contributed by atoms with van der Waals surface area (Å²) in [7, 11) is 1.82. The van der Waals surface area contributed by atoms with Crippen molar-refractivity contribution in [2.24, 2.45) is 0 Å². The van der Waals surface area contributed by atoms with E-state index in [1.807, 2.05) is 60.7 Å². The first-order valence-electron chi connectivity index (χ1n) is 15.6. The summed E-state index contributed by atoms with van der Waals surface area (Å²) in [5.41, 5.74) is 0.564. The van der Waals surface area contributed by atoms with Gasteiger partial charge in [-0.1, -0.05) is 12.1 Å². The van der Waals surface area contributed by atoms with Crippen LogP contribution in [0, 0.1) is 6.92 Å². The number of carbonyl (C=O) groups is 1. The van der Waals surface area contributed by atoms with Gasteiger partial charge in [-0.25, -0.2) is 4.98 Å². The van der Waals surface area contributed by atoms with Crippen molar-refractivity contribution in [1.82, 2.24) is 14.9 Å². The van der Waals surface area contributed by atoms with Crippen molar-refractivity contribution in [1.29, 1.82) is 0 Å². The zero-order chi connectivity index (χ0) is 32.1. The highest BCUT2D eigenvalue weighted by Crippen LogP contribution is 2.39. The van der Waals surface area contributed by atoms with Crippen LogP contribution in [-0.2, 0) is 4.79 Å². The lowest BCUT2D eigenvalue weighted by Crippen LogP contribution is -2.66. The average molecular weight is 567 g/mol. The Morgan fingerprint density at radius 1 is 1.27 bits per heavy atom. The average Bonchev–Trinajstić information content (AvgIpc) is 2.97. The van der Waals surface area contributed by atoms with Crippen LogP contribution in [0.15, 0.2) is 30.3 Å². The highest BCUT2D eigenvalue weighted by molar-refractivity contribution is 5.93. The maximum atomic E-state index is 13.8. The number of nitrogens with one attached hydrogen (secondary N) is 1. The topological polar surface area (TPSA) is 98.3 Å². The lowest BCUT2D eigenvalue weighted by Gasteiger charge is -2.51. The molecule has 2 aromatic carbocycles. The van der Waals surface area contributed by atoms with Crippen molar-refractivity contribution in [3.8, 4) is 23.0 Å². The van der Waals surface area contributed by atoms with Gasteiger partial charge in [0.15, 0.2) is 23.0 Å². The monoisotopic (exact) mass is 566 g/mol. The first kappa shape index (κ1) is 24.8. The molecule has 2 atom stereocenters. The molecular formula is C31H41N5O5. The zero-order valence-corrected chi connectivity index (χ0v) is 25.0. The number of amides is 1. The van der Waals surface area contributed by atoms with Crippen LogP contribution in [0.25, 0.3) is 10.9 Å². The summed E-state index contributed by atoms with van der Waals surface area (Å²) in [5.74, 6) is 2.46. The number of hydrogen-bond acceptors (Lipinski definition) is 9. The number of hydrogen-bond donors (Lipinski definition) is 1. The van der Waals surface area contributed by atoms with E-state index in [0.717, 1.165) is 5.39 Å². The molecule has 1 amide bonds. The molecule has 1 aromatic heterocycles. The number of anilines is 2. The van der Waals surface area contributed by atoms with Crippen LogP contribution < -0.4 is 29.2 Å². The lowest BCUT2D eigenvalue weighted by atomic mass is 9.95. The van der Waals surface area contributed by atoms with Crippen LogP contribution in [0.3, 0.4) is 0 Å². The molecule has 0 radical (unpaired) electrons. The normalized spacial score (nSPS) is 20.9. The molecule has 1 fully saturated rings. The summed E-state index contributed by atoms with van der Waals surface area (Å²) >= 11 is 0. The van der Waals surface area contributed by atoms with Gasteiger partial charge in [-0.2, -0.15) is 4.98 Å². The summed E-state index contributed by atoms with van der Waals surface area (Å²) in [4.78, 5) is 27.5. The van der Waals surface area contributed by atoms with E-state index >= 15 is 0 Å². The molecule has 41 heavy (non-hydrogen) atoms. The summed E-state index contributed by atoms with van der Waals surface area (Å²) < 4.78 is 48.2. The van der Waals surface area contributed by atoms with Gasteiger partial charge < -0.3 is 34.1 Å². The number of ether oxygens (including phenoxy) is 4. The van der Waals surface area contributed by atoms with Gasteiger partial charge in [0, 0.05) is 37.6 Å². The largest absolute Gasteiger partial charge is 0.490 e. The van der Waals surface area contributed by atoms with Crippen LogP contribution in [0.5, 0.6) is 23.0 Å². The molecule has 2 aliphatic heterocycles. The molecule has 0 spiro atoms. The van der Waals surface area contributed by atoms with Gasteiger partial charge in [-0.15, -0.1) is 0 Å². The molecule has 2 aliphatic rings. The summed E-state index contributed by atoms with van der Waals surface area (Å²) in [6.07, 6.45) is -1.02. The maximum Gasteiger partial charge on any atom is 0.267 e. The lowest BCUT2D eigenvalue weighted by molar-refractivity contribution is -0.143. The highest BCUT2D eigenvalue weighted by atomic mass is 16.6. The number of carbonyl (C=O) groups excluding carboxylic acids is 1. The first-order valence-corrected chi connectivity index (χ1v) is 14.1. The minimum absolute atomic E-state index is 0.0384. The number of rotatable bonds is 7. The van der Waals surface area contributed by atoms with Crippen molar-refractivity contribution in [2.75, 3.05) is 43.6 Å². The second-order valence-corrected chi connectivity index (χ2v) is 11.4. The quantitative estimate of drug-likeness (QED) is 0.432. The predicted molar refractivity (Wildman–Crippen MR) is 160 cm³/mol.